The maximum Gasteiger partial charge on any atom is 1.00 e. The summed E-state index contributed by atoms with van der Waals surface area (Å²) in [5.41, 5.74) is 0. The second kappa shape index (κ2) is 16.8. The third kappa shape index (κ3) is 38.0. The molecule has 0 heterocycles. The van der Waals surface area contributed by atoms with Gasteiger partial charge in [0.05, 0.1) is 0 Å². The average Bonchev–Trinajstić information content (AvgIpc) is 0.811. The molecule has 0 aliphatic heterocycles. The van der Waals surface area contributed by atoms with Crippen LogP contribution in [0.25, 0.3) is 0 Å². The van der Waals surface area contributed by atoms with Crippen LogP contribution in [0.1, 0.15) is 0 Å². The van der Waals surface area contributed by atoms with Gasteiger partial charge in [-0.1, -0.05) is 0 Å². The van der Waals surface area contributed by atoms with Gasteiger partial charge in [-0.15, -0.1) is 0 Å². The molecule has 7 heavy (non-hydrogen) atoms. The van der Waals surface area contributed by atoms with Crippen molar-refractivity contribution >= 4 is 126 Å². The van der Waals surface area contributed by atoms with Gasteiger partial charge in [0.1, 0.15) is 0 Å². The molecule has 0 atom stereocenters. The molecule has 0 radical (unpaired) electrons. The first-order valence-corrected chi connectivity index (χ1v) is 8.54. The van der Waals surface area contributed by atoms with E-state index in [2.05, 4.69) is 32.7 Å². The molecule has 0 spiro atoms. The van der Waals surface area contributed by atoms with Crippen molar-refractivity contribution in [2.45, 2.75) is 0 Å². The van der Waals surface area contributed by atoms with Gasteiger partial charge in [0.25, 0.3) is 0 Å². The summed E-state index contributed by atoms with van der Waals surface area (Å²) in [6.07, 6.45) is 0. The molecule has 0 aromatic carbocycles. The van der Waals surface area contributed by atoms with Gasteiger partial charge in [0, 0.05) is 0 Å². The van der Waals surface area contributed by atoms with Crippen LogP contribution in [0, 0.1) is 0 Å². The molecule has 0 aliphatic carbocycles. The fourth-order valence-electron chi connectivity index (χ4n) is 0. The van der Waals surface area contributed by atoms with Gasteiger partial charge >= 0.3 is 126 Å². The molecule has 0 unspecified atom stereocenters. The van der Waals surface area contributed by atoms with E-state index < -0.39 is 11.2 Å². The van der Waals surface area contributed by atoms with Gasteiger partial charge in [-0.05, 0) is 0 Å². The van der Waals surface area contributed by atoms with Gasteiger partial charge in [0.2, 0.25) is 0 Å². The summed E-state index contributed by atoms with van der Waals surface area (Å²) in [7, 11) is 13.2. The zero-order chi connectivity index (χ0) is 3.58. The quantitative estimate of drug-likeness (QED) is 0.217. The van der Waals surface area contributed by atoms with Gasteiger partial charge in [-0.3, -0.25) is 0 Å². The minimum Gasteiger partial charge on any atom is 1.00 e. The van der Waals surface area contributed by atoms with E-state index in [1.165, 1.54) is 0 Å². The van der Waals surface area contributed by atoms with Crippen molar-refractivity contribution in [3.63, 3.8) is 0 Å². The monoisotopic (exact) mass is 786 g/mol. The van der Waals surface area contributed by atoms with Crippen molar-refractivity contribution in [3.05, 3.63) is 0 Å². The Morgan fingerprint density at radius 3 is 0.714 bits per heavy atom. The molecule has 32 valence electrons. The zero-order valence-corrected chi connectivity index (χ0v) is 21.2. The van der Waals surface area contributed by atoms with E-state index in [4.69, 9.17) is 0 Å². The normalized spacial score (nSPS) is 5.14. The molecule has 7 heteroatoms. The summed E-state index contributed by atoms with van der Waals surface area (Å²) in [5.74, 6) is 0. The summed E-state index contributed by atoms with van der Waals surface area (Å²) in [6.45, 7) is 0. The molecule has 0 saturated heterocycles. The molecule has 0 aromatic rings. The second-order valence-corrected chi connectivity index (χ2v) is 10.5. The van der Waals surface area contributed by atoms with Crippen LogP contribution in [0.3, 0.4) is 0 Å². The van der Waals surface area contributed by atoms with Crippen molar-refractivity contribution in [3.8, 4) is 0 Å². The maximum atomic E-state index is 4.40. The Bertz CT molecular complexity index is 14.9. The van der Waals surface area contributed by atoms with Crippen molar-refractivity contribution in [1.82, 2.24) is 0 Å². The molecule has 0 N–H and O–H groups in total. The fourth-order valence-corrected chi connectivity index (χ4v) is 0. The molecule has 0 saturated carbocycles. The van der Waals surface area contributed by atoms with Crippen LogP contribution in [0.15, 0.2) is 0 Å². The molecule has 0 nitrogen and oxygen atoms in total. The van der Waals surface area contributed by atoms with Crippen LogP contribution in [-0.4, -0.2) is 93.1 Å². The first-order valence-electron chi connectivity index (χ1n) is 0.548. The van der Waals surface area contributed by atoms with Crippen LogP contribution in [0.5, 0.6) is 0 Å². The van der Waals surface area contributed by atoms with Crippen molar-refractivity contribution < 1.29 is 0 Å². The summed E-state index contributed by atoms with van der Waals surface area (Å²) >= 11 is -1.44. The Labute approximate surface area is 123 Å². The fraction of sp³-hybridized carbons (Fsp3) is 0. The topological polar surface area (TPSA) is 0 Å². The molecule has 0 amide bonds. The average molecular weight is 784 g/mol. The summed E-state index contributed by atoms with van der Waals surface area (Å²) < 4.78 is 0. The second-order valence-electron chi connectivity index (χ2n) is 0.224. The first kappa shape index (κ1) is 22.5. The largest absolute Gasteiger partial charge is 1.00 e. The van der Waals surface area contributed by atoms with E-state index in [-0.39, 0.29) is 81.9 Å². The zero-order valence-electron chi connectivity index (χ0n) is 3.40. The van der Waals surface area contributed by atoms with Gasteiger partial charge in [0.15, 0.2) is 0 Å². The maximum absolute atomic E-state index is 4.40. The van der Waals surface area contributed by atoms with Crippen molar-refractivity contribution in [2.75, 3.05) is 0 Å². The molecule has 0 aromatic heterocycles. The minimum atomic E-state index is -1.44. The SMILES string of the molecule is [S-][As]([S-])[S-].[Tl+].[Tl+].[Tl+]. The molecular weight excluding hydrogens is 784 g/mol. The minimum absolute atomic E-state index is 0. The number of hydrogen-bond acceptors (Lipinski definition) is 3. The van der Waals surface area contributed by atoms with E-state index in [9.17, 15) is 0 Å². The Balaban J connectivity index is -0.0000000150. The van der Waals surface area contributed by atoms with Gasteiger partial charge in [-0.25, -0.2) is 0 Å². The molecule has 0 fully saturated rings. The van der Waals surface area contributed by atoms with E-state index in [1.54, 1.807) is 0 Å². The predicted molar refractivity (Wildman–Crippen MR) is 45.1 cm³/mol. The Morgan fingerprint density at radius 2 is 0.714 bits per heavy atom. The van der Waals surface area contributed by atoms with Crippen LogP contribution in [0.2, 0.25) is 0 Å². The Kier molecular flexibility index (Phi) is 53.9. The molecule has 0 bridgehead atoms. The smallest absolute Gasteiger partial charge is 1.00 e. The van der Waals surface area contributed by atoms with Crippen molar-refractivity contribution in [2.24, 2.45) is 0 Å². The third-order valence-corrected chi connectivity index (χ3v) is 0. The van der Waals surface area contributed by atoms with Crippen LogP contribution in [0.4, 0.5) is 0 Å². The summed E-state index contributed by atoms with van der Waals surface area (Å²) in [4.78, 5) is 0. The third-order valence-electron chi connectivity index (χ3n) is 0. The molecule has 0 aliphatic rings. The van der Waals surface area contributed by atoms with Crippen LogP contribution < -0.4 is 0 Å². The molecular formula is AsS3Tl3. The first-order chi connectivity index (χ1) is 1.73. The Hall–Kier alpha value is 4.37. The van der Waals surface area contributed by atoms with Gasteiger partial charge < -0.3 is 0 Å². The van der Waals surface area contributed by atoms with E-state index in [1.807, 2.05) is 0 Å². The standard InChI is InChI=1S/AsS3.3Tl/c2-1(3)4;;;/q-3;3*+1. The van der Waals surface area contributed by atoms with Crippen LogP contribution >= 0.6 is 0 Å². The Morgan fingerprint density at radius 1 is 0.714 bits per heavy atom. The van der Waals surface area contributed by atoms with E-state index >= 15 is 0 Å². The van der Waals surface area contributed by atoms with Crippen molar-refractivity contribution in [1.29, 1.82) is 0 Å². The number of rotatable bonds is 0. The summed E-state index contributed by atoms with van der Waals surface area (Å²) in [6, 6.07) is 0. The van der Waals surface area contributed by atoms with Crippen LogP contribution in [-0.2, 0) is 32.7 Å². The van der Waals surface area contributed by atoms with E-state index in [0.717, 1.165) is 0 Å². The summed E-state index contributed by atoms with van der Waals surface area (Å²) in [5, 5.41) is 0. The van der Waals surface area contributed by atoms with E-state index in [0.29, 0.717) is 0 Å². The predicted octanol–water partition coefficient (Wildman–Crippen LogP) is -1.53. The number of hydrogen-bond donors (Lipinski definition) is 0. The molecule has 0 rings (SSSR count). The van der Waals surface area contributed by atoms with Gasteiger partial charge in [-0.2, -0.15) is 0 Å².